The molecule has 0 unspecified atom stereocenters. The Hall–Kier alpha value is -1.20. The highest BCUT2D eigenvalue weighted by Crippen LogP contribution is 2.25. The maximum atomic E-state index is 13.1. The van der Waals surface area contributed by atoms with Crippen molar-refractivity contribution in [1.29, 1.82) is 0 Å². The van der Waals surface area contributed by atoms with E-state index >= 15 is 0 Å². The van der Waals surface area contributed by atoms with Crippen LogP contribution < -0.4 is 4.72 Å². The van der Waals surface area contributed by atoms with Crippen LogP contribution in [-0.4, -0.2) is 8.96 Å². The van der Waals surface area contributed by atoms with Gasteiger partial charge in [-0.2, -0.15) is 0 Å². The molecule has 2 atom stereocenters. The van der Waals surface area contributed by atoms with E-state index < -0.39 is 11.0 Å². The van der Waals surface area contributed by atoms with Crippen LogP contribution in [0.15, 0.2) is 28.7 Å². The van der Waals surface area contributed by atoms with Crippen molar-refractivity contribution >= 4 is 22.0 Å². The molecule has 0 saturated heterocycles. The van der Waals surface area contributed by atoms with Crippen molar-refractivity contribution in [2.75, 3.05) is 0 Å². The number of hydrogen-bond donors (Lipinski definition) is 1. The molecule has 1 N–H and O–H groups in total. The molecule has 2 rings (SSSR count). The molecule has 0 fully saturated rings. The Labute approximate surface area is 114 Å². The molecule has 0 amide bonds. The minimum atomic E-state index is -1.18. The zero-order valence-corrected chi connectivity index (χ0v) is 12.3. The summed E-state index contributed by atoms with van der Waals surface area (Å²) < 4.78 is 33.4. The summed E-state index contributed by atoms with van der Waals surface area (Å²) in [5.74, 6) is 0.358. The molecule has 0 bridgehead atoms. The van der Waals surface area contributed by atoms with Crippen molar-refractivity contribution < 1.29 is 13.0 Å². The van der Waals surface area contributed by atoms with Crippen molar-refractivity contribution in [3.8, 4) is 0 Å². The Morgan fingerprint density at radius 3 is 2.63 bits per heavy atom. The second kappa shape index (κ2) is 5.06. The SMILES string of the molecule is C[C@@H](N[S@](=O)C(C)(C)C)c1cc2cc(F)ccc2o1. The molecule has 19 heavy (non-hydrogen) atoms. The van der Waals surface area contributed by atoms with Crippen LogP contribution >= 0.6 is 0 Å². The van der Waals surface area contributed by atoms with Crippen molar-refractivity contribution in [1.82, 2.24) is 4.72 Å². The van der Waals surface area contributed by atoms with E-state index in [9.17, 15) is 8.60 Å². The van der Waals surface area contributed by atoms with Crippen LogP contribution in [0.1, 0.15) is 39.5 Å². The highest BCUT2D eigenvalue weighted by atomic mass is 32.2. The van der Waals surface area contributed by atoms with Gasteiger partial charge in [0.25, 0.3) is 0 Å². The zero-order chi connectivity index (χ0) is 14.2. The van der Waals surface area contributed by atoms with Crippen LogP contribution in [-0.2, 0) is 11.0 Å². The average Bonchev–Trinajstić information content (AvgIpc) is 2.70. The Bertz CT molecular complexity index is 615. The molecule has 1 heterocycles. The smallest absolute Gasteiger partial charge is 0.134 e. The molecule has 0 aliphatic heterocycles. The van der Waals surface area contributed by atoms with Crippen LogP contribution in [0.25, 0.3) is 11.0 Å². The second-order valence-corrected chi connectivity index (χ2v) is 7.55. The van der Waals surface area contributed by atoms with E-state index in [1.54, 1.807) is 12.1 Å². The van der Waals surface area contributed by atoms with Crippen LogP contribution in [0.3, 0.4) is 0 Å². The number of rotatable bonds is 3. The van der Waals surface area contributed by atoms with Crippen LogP contribution in [0.2, 0.25) is 0 Å². The van der Waals surface area contributed by atoms with Crippen LogP contribution in [0.4, 0.5) is 4.39 Å². The summed E-state index contributed by atoms with van der Waals surface area (Å²) in [6, 6.07) is 5.96. The number of hydrogen-bond acceptors (Lipinski definition) is 2. The van der Waals surface area contributed by atoms with Gasteiger partial charge in [0.15, 0.2) is 0 Å². The lowest BCUT2D eigenvalue weighted by atomic mass is 10.2. The zero-order valence-electron chi connectivity index (χ0n) is 11.5. The van der Waals surface area contributed by atoms with E-state index in [0.29, 0.717) is 16.7 Å². The molecular formula is C14H18FNO2S. The predicted molar refractivity (Wildman–Crippen MR) is 75.6 cm³/mol. The van der Waals surface area contributed by atoms with Gasteiger partial charge in [-0.15, -0.1) is 0 Å². The lowest BCUT2D eigenvalue weighted by Crippen LogP contribution is -2.34. The van der Waals surface area contributed by atoms with E-state index in [2.05, 4.69) is 4.72 Å². The van der Waals surface area contributed by atoms with E-state index in [4.69, 9.17) is 4.42 Å². The first kappa shape index (κ1) is 14.2. The molecule has 1 aromatic heterocycles. The van der Waals surface area contributed by atoms with Gasteiger partial charge < -0.3 is 4.42 Å². The number of benzene rings is 1. The number of halogens is 1. The highest BCUT2D eigenvalue weighted by molar-refractivity contribution is 7.84. The summed E-state index contributed by atoms with van der Waals surface area (Å²) in [5, 5.41) is 0.713. The normalized spacial score (nSPS) is 15.6. The van der Waals surface area contributed by atoms with E-state index in [-0.39, 0.29) is 16.6 Å². The molecule has 5 heteroatoms. The molecule has 3 nitrogen and oxygen atoms in total. The maximum absolute atomic E-state index is 13.1. The second-order valence-electron chi connectivity index (χ2n) is 5.55. The van der Waals surface area contributed by atoms with Gasteiger partial charge in [0.2, 0.25) is 0 Å². The van der Waals surface area contributed by atoms with Gasteiger partial charge in [-0.1, -0.05) is 0 Å². The lowest BCUT2D eigenvalue weighted by molar-refractivity contribution is 0.492. The number of furan rings is 1. The van der Waals surface area contributed by atoms with Crippen LogP contribution in [0, 0.1) is 5.82 Å². The Morgan fingerprint density at radius 1 is 1.32 bits per heavy atom. The number of nitrogens with one attached hydrogen (secondary N) is 1. The molecule has 0 radical (unpaired) electrons. The lowest BCUT2D eigenvalue weighted by Gasteiger charge is -2.20. The van der Waals surface area contributed by atoms with Crippen molar-refractivity contribution in [2.45, 2.75) is 38.5 Å². The monoisotopic (exact) mass is 283 g/mol. The first-order chi connectivity index (χ1) is 8.77. The van der Waals surface area contributed by atoms with Gasteiger partial charge in [-0.25, -0.2) is 13.3 Å². The summed E-state index contributed by atoms with van der Waals surface area (Å²) in [5.41, 5.74) is 0.631. The molecular weight excluding hydrogens is 265 g/mol. The average molecular weight is 283 g/mol. The molecule has 0 aliphatic rings. The van der Waals surface area contributed by atoms with Gasteiger partial charge in [0, 0.05) is 5.39 Å². The minimum Gasteiger partial charge on any atom is -0.459 e. The first-order valence-corrected chi connectivity index (χ1v) is 7.29. The third-order valence-corrected chi connectivity index (χ3v) is 4.44. The Kier molecular flexibility index (Phi) is 3.78. The van der Waals surface area contributed by atoms with E-state index in [1.165, 1.54) is 12.1 Å². The van der Waals surface area contributed by atoms with Crippen molar-refractivity contribution in [3.05, 3.63) is 35.8 Å². The van der Waals surface area contributed by atoms with Gasteiger partial charge in [-0.05, 0) is 52.0 Å². The Morgan fingerprint density at radius 2 is 2.00 bits per heavy atom. The van der Waals surface area contributed by atoms with Crippen molar-refractivity contribution in [2.24, 2.45) is 0 Å². The van der Waals surface area contributed by atoms with E-state index in [0.717, 1.165) is 0 Å². The standard InChI is InChI=1S/C14H18FNO2S/c1-9(16-19(17)14(2,3)4)13-8-10-7-11(15)5-6-12(10)18-13/h5-9,16H,1-4H3/t9-,19-/m1/s1. The third kappa shape index (κ3) is 3.22. The summed E-state index contributed by atoms with van der Waals surface area (Å²) in [6.45, 7) is 7.57. The molecule has 1 aromatic carbocycles. The molecule has 0 aliphatic carbocycles. The van der Waals surface area contributed by atoms with Gasteiger partial charge in [0.05, 0.1) is 21.8 Å². The fraction of sp³-hybridized carbons (Fsp3) is 0.429. The molecule has 104 valence electrons. The molecule has 0 saturated carbocycles. The summed E-state index contributed by atoms with van der Waals surface area (Å²) in [6.07, 6.45) is 0. The van der Waals surface area contributed by atoms with Gasteiger partial charge in [0.1, 0.15) is 17.2 Å². The topological polar surface area (TPSA) is 42.2 Å². The Balaban J connectivity index is 2.22. The number of fused-ring (bicyclic) bond motifs is 1. The van der Waals surface area contributed by atoms with E-state index in [1.807, 2.05) is 27.7 Å². The predicted octanol–water partition coefficient (Wildman–Crippen LogP) is 3.68. The van der Waals surface area contributed by atoms with Gasteiger partial charge >= 0.3 is 0 Å². The fourth-order valence-corrected chi connectivity index (χ4v) is 2.43. The maximum Gasteiger partial charge on any atom is 0.134 e. The third-order valence-electron chi connectivity index (χ3n) is 2.76. The fourth-order valence-electron chi connectivity index (χ4n) is 1.64. The van der Waals surface area contributed by atoms with Crippen molar-refractivity contribution in [3.63, 3.8) is 0 Å². The highest BCUT2D eigenvalue weighted by Gasteiger charge is 2.23. The largest absolute Gasteiger partial charge is 0.459 e. The summed E-state index contributed by atoms with van der Waals surface area (Å²) >= 11 is 0. The summed E-state index contributed by atoms with van der Waals surface area (Å²) in [4.78, 5) is 0. The molecule has 2 aromatic rings. The van der Waals surface area contributed by atoms with Gasteiger partial charge in [-0.3, -0.25) is 0 Å². The molecule has 0 spiro atoms. The van der Waals surface area contributed by atoms with Crippen LogP contribution in [0.5, 0.6) is 0 Å². The summed E-state index contributed by atoms with van der Waals surface area (Å²) in [7, 11) is -1.18. The minimum absolute atomic E-state index is 0.199. The quantitative estimate of drug-likeness (QED) is 0.933. The first-order valence-electron chi connectivity index (χ1n) is 6.14.